The minimum atomic E-state index is -4.11. The number of aliphatic hydroxyl groups is 1. The van der Waals surface area contributed by atoms with Crippen LogP contribution in [-0.4, -0.2) is 29.5 Å². The SMILES string of the molecule is O=C(Nc1ncccc1O)C1=C(O)c2ccc3ccccc3c2S(=O)(=O)N1. The van der Waals surface area contributed by atoms with Crippen molar-refractivity contribution in [3.8, 4) is 5.75 Å². The molecule has 0 saturated heterocycles. The van der Waals surface area contributed by atoms with Gasteiger partial charge in [0.15, 0.2) is 23.0 Å². The number of pyridine rings is 1. The lowest BCUT2D eigenvalue weighted by atomic mass is 10.0. The molecule has 4 N–H and O–H groups in total. The van der Waals surface area contributed by atoms with E-state index in [1.807, 2.05) is 0 Å². The smallest absolute Gasteiger partial charge is 0.277 e. The number of aromatic nitrogens is 1. The summed E-state index contributed by atoms with van der Waals surface area (Å²) in [6, 6.07) is 12.7. The molecular weight excluding hydrogens is 370 g/mol. The lowest BCUT2D eigenvalue weighted by Gasteiger charge is -2.22. The zero-order valence-corrected chi connectivity index (χ0v) is 14.5. The van der Waals surface area contributed by atoms with Gasteiger partial charge in [0.2, 0.25) is 0 Å². The molecule has 136 valence electrons. The molecule has 1 aliphatic heterocycles. The fraction of sp³-hybridized carbons (Fsp3) is 0. The molecule has 9 heteroatoms. The van der Waals surface area contributed by atoms with Gasteiger partial charge in [0.1, 0.15) is 4.90 Å². The Kier molecular flexibility index (Phi) is 3.74. The van der Waals surface area contributed by atoms with Crippen LogP contribution in [0.5, 0.6) is 5.75 Å². The molecule has 27 heavy (non-hydrogen) atoms. The second-order valence-corrected chi connectivity index (χ2v) is 7.44. The van der Waals surface area contributed by atoms with Crippen molar-refractivity contribution in [1.82, 2.24) is 9.71 Å². The molecule has 2 aromatic carbocycles. The third kappa shape index (κ3) is 2.74. The molecule has 0 bridgehead atoms. The number of hydrogen-bond acceptors (Lipinski definition) is 6. The van der Waals surface area contributed by atoms with Gasteiger partial charge < -0.3 is 15.5 Å². The van der Waals surface area contributed by atoms with Crippen LogP contribution in [0.15, 0.2) is 65.3 Å². The number of carbonyl (C=O) groups is 1. The predicted molar refractivity (Wildman–Crippen MR) is 98.3 cm³/mol. The average molecular weight is 383 g/mol. The van der Waals surface area contributed by atoms with E-state index in [-0.39, 0.29) is 22.0 Å². The van der Waals surface area contributed by atoms with Crippen molar-refractivity contribution in [2.45, 2.75) is 4.90 Å². The number of aromatic hydroxyl groups is 1. The quantitative estimate of drug-likeness (QED) is 0.536. The Labute approximate surface area is 153 Å². The van der Waals surface area contributed by atoms with Gasteiger partial charge in [-0.15, -0.1) is 0 Å². The normalized spacial score (nSPS) is 15.1. The van der Waals surface area contributed by atoms with Crippen molar-refractivity contribution in [1.29, 1.82) is 0 Å². The number of nitrogens with zero attached hydrogens (tertiary/aromatic N) is 1. The summed E-state index contributed by atoms with van der Waals surface area (Å²) >= 11 is 0. The largest absolute Gasteiger partial charge is 0.505 e. The molecule has 2 heterocycles. The van der Waals surface area contributed by atoms with Crippen molar-refractivity contribution in [3.05, 3.63) is 66.0 Å². The summed E-state index contributed by atoms with van der Waals surface area (Å²) in [7, 11) is -4.11. The Morgan fingerprint density at radius 1 is 1.04 bits per heavy atom. The highest BCUT2D eigenvalue weighted by Crippen LogP contribution is 2.35. The number of anilines is 1. The Bertz CT molecular complexity index is 1230. The third-order valence-electron chi connectivity index (χ3n) is 4.12. The highest BCUT2D eigenvalue weighted by atomic mass is 32.2. The molecule has 1 aromatic heterocycles. The van der Waals surface area contributed by atoms with Crippen molar-refractivity contribution < 1.29 is 23.4 Å². The number of nitrogens with one attached hydrogen (secondary N) is 2. The van der Waals surface area contributed by atoms with Crippen LogP contribution in [0.25, 0.3) is 16.5 Å². The second-order valence-electron chi connectivity index (χ2n) is 5.82. The van der Waals surface area contributed by atoms with Crippen molar-refractivity contribution in [2.75, 3.05) is 5.32 Å². The molecule has 0 spiro atoms. The minimum Gasteiger partial charge on any atom is -0.505 e. The molecule has 0 fully saturated rings. The predicted octanol–water partition coefficient (Wildman–Crippen LogP) is 2.10. The summed E-state index contributed by atoms with van der Waals surface area (Å²) in [6.45, 7) is 0. The number of aliphatic hydroxyl groups excluding tert-OH is 1. The highest BCUT2D eigenvalue weighted by Gasteiger charge is 2.34. The van der Waals surface area contributed by atoms with Gasteiger partial charge in [-0.2, -0.15) is 0 Å². The first-order valence-corrected chi connectivity index (χ1v) is 9.30. The van der Waals surface area contributed by atoms with Gasteiger partial charge in [-0.25, -0.2) is 13.4 Å². The number of hydrogen-bond donors (Lipinski definition) is 4. The first-order chi connectivity index (χ1) is 12.9. The lowest BCUT2D eigenvalue weighted by Crippen LogP contribution is -2.35. The molecule has 1 aliphatic rings. The molecule has 4 rings (SSSR count). The standard InChI is InChI=1S/C18H13N3O5S/c22-13-6-3-9-19-17(13)20-18(24)14-15(23)12-8-7-10-4-1-2-5-11(10)16(12)27(25,26)21-14/h1-9,21-23H,(H,19,20,24). The fourth-order valence-electron chi connectivity index (χ4n) is 2.90. The number of fused-ring (bicyclic) bond motifs is 3. The maximum atomic E-state index is 12.8. The molecule has 0 radical (unpaired) electrons. The van der Waals surface area contributed by atoms with Crippen molar-refractivity contribution in [2.24, 2.45) is 0 Å². The first kappa shape index (κ1) is 16.9. The first-order valence-electron chi connectivity index (χ1n) is 7.82. The van der Waals surface area contributed by atoms with Gasteiger partial charge in [-0.05, 0) is 23.6 Å². The molecule has 0 unspecified atom stereocenters. The molecule has 3 aromatic rings. The van der Waals surface area contributed by atoms with E-state index in [4.69, 9.17) is 0 Å². The van der Waals surface area contributed by atoms with E-state index in [9.17, 15) is 23.4 Å². The van der Waals surface area contributed by atoms with Gasteiger partial charge in [0, 0.05) is 17.1 Å². The summed E-state index contributed by atoms with van der Waals surface area (Å²) in [5.41, 5.74) is -0.536. The second kappa shape index (κ2) is 5.99. The topological polar surface area (TPSA) is 129 Å². The summed E-state index contributed by atoms with van der Waals surface area (Å²) < 4.78 is 27.6. The maximum absolute atomic E-state index is 12.8. The van der Waals surface area contributed by atoms with Crippen LogP contribution in [0.3, 0.4) is 0 Å². The maximum Gasteiger partial charge on any atom is 0.277 e. The number of carbonyl (C=O) groups excluding carboxylic acids is 1. The van der Waals surface area contributed by atoms with E-state index >= 15 is 0 Å². The number of sulfonamides is 1. The Morgan fingerprint density at radius 2 is 1.81 bits per heavy atom. The van der Waals surface area contributed by atoms with Gasteiger partial charge >= 0.3 is 0 Å². The van der Waals surface area contributed by atoms with E-state index in [2.05, 4.69) is 15.0 Å². The average Bonchev–Trinajstić information content (AvgIpc) is 2.65. The van der Waals surface area contributed by atoms with E-state index in [1.165, 1.54) is 24.4 Å². The lowest BCUT2D eigenvalue weighted by molar-refractivity contribution is -0.113. The zero-order chi connectivity index (χ0) is 19.2. The molecule has 0 saturated carbocycles. The molecule has 1 amide bonds. The summed E-state index contributed by atoms with van der Waals surface area (Å²) in [5, 5.41) is 23.6. The van der Waals surface area contributed by atoms with Crippen LogP contribution >= 0.6 is 0 Å². The summed E-state index contributed by atoms with van der Waals surface area (Å²) in [5.74, 6) is -1.93. The number of benzene rings is 2. The summed E-state index contributed by atoms with van der Waals surface area (Å²) in [6.07, 6.45) is 1.34. The van der Waals surface area contributed by atoms with Gasteiger partial charge in [0.05, 0.1) is 0 Å². The van der Waals surface area contributed by atoms with Crippen molar-refractivity contribution >= 4 is 38.3 Å². The monoisotopic (exact) mass is 383 g/mol. The van der Waals surface area contributed by atoms with E-state index in [0.29, 0.717) is 10.8 Å². The zero-order valence-electron chi connectivity index (χ0n) is 13.7. The van der Waals surface area contributed by atoms with Crippen LogP contribution in [-0.2, 0) is 14.8 Å². The Morgan fingerprint density at radius 3 is 2.59 bits per heavy atom. The van der Waals surface area contributed by atoms with Gasteiger partial charge in [0.25, 0.3) is 15.9 Å². The number of amides is 1. The van der Waals surface area contributed by atoms with E-state index in [1.54, 1.807) is 30.3 Å². The third-order valence-corrected chi connectivity index (χ3v) is 5.57. The van der Waals surface area contributed by atoms with Crippen LogP contribution < -0.4 is 10.0 Å². The summed E-state index contributed by atoms with van der Waals surface area (Å²) in [4.78, 5) is 16.2. The van der Waals surface area contributed by atoms with Gasteiger partial charge in [-0.3, -0.25) is 9.52 Å². The van der Waals surface area contributed by atoms with E-state index in [0.717, 1.165) is 0 Å². The van der Waals surface area contributed by atoms with Crippen LogP contribution in [0.4, 0.5) is 5.82 Å². The molecule has 0 aliphatic carbocycles. The minimum absolute atomic E-state index is 0.0165. The molecular formula is C18H13N3O5S. The van der Waals surface area contributed by atoms with Crippen molar-refractivity contribution in [3.63, 3.8) is 0 Å². The van der Waals surface area contributed by atoms with Crippen LogP contribution in [0, 0.1) is 0 Å². The molecule has 8 nitrogen and oxygen atoms in total. The Balaban J connectivity index is 1.85. The van der Waals surface area contributed by atoms with E-state index < -0.39 is 27.4 Å². The van der Waals surface area contributed by atoms with Crippen LogP contribution in [0.2, 0.25) is 0 Å². The Hall–Kier alpha value is -3.59. The molecule has 0 atom stereocenters. The van der Waals surface area contributed by atoms with Gasteiger partial charge in [-0.1, -0.05) is 30.3 Å². The fourth-order valence-corrected chi connectivity index (χ4v) is 4.39. The number of rotatable bonds is 2. The van der Waals surface area contributed by atoms with Crippen LogP contribution in [0.1, 0.15) is 5.56 Å². The highest BCUT2D eigenvalue weighted by molar-refractivity contribution is 7.90.